The Hall–Kier alpha value is -1.35. The van der Waals surface area contributed by atoms with Gasteiger partial charge in [0.1, 0.15) is 0 Å². The van der Waals surface area contributed by atoms with Gasteiger partial charge in [0.2, 0.25) is 0 Å². The van der Waals surface area contributed by atoms with E-state index in [2.05, 4.69) is 17.9 Å². The van der Waals surface area contributed by atoms with E-state index in [-0.39, 0.29) is 6.42 Å². The maximum absolute atomic E-state index is 11.0. The van der Waals surface area contributed by atoms with Gasteiger partial charge in [0.25, 0.3) is 0 Å². The molecule has 0 saturated carbocycles. The molecule has 20 heavy (non-hydrogen) atoms. The molecule has 2 rings (SSSR count). The molecular formula is C17H25NO2. The summed E-state index contributed by atoms with van der Waals surface area (Å²) in [5, 5.41) is 9.03. The molecule has 1 heterocycles. The van der Waals surface area contributed by atoms with Crippen LogP contribution in [0.4, 0.5) is 0 Å². The van der Waals surface area contributed by atoms with Gasteiger partial charge in [-0.05, 0) is 36.9 Å². The first kappa shape index (κ1) is 15.0. The zero-order chi connectivity index (χ0) is 14.4. The van der Waals surface area contributed by atoms with Gasteiger partial charge in [-0.2, -0.15) is 0 Å². The molecule has 3 nitrogen and oxygen atoms in total. The number of carboxylic acid groups (broad SMARTS) is 1. The molecule has 1 aliphatic rings. The zero-order valence-corrected chi connectivity index (χ0v) is 12.3. The molecule has 1 aromatic rings. The van der Waals surface area contributed by atoms with Crippen LogP contribution < -0.4 is 0 Å². The van der Waals surface area contributed by atoms with Crippen LogP contribution in [-0.2, 0) is 17.8 Å². The maximum atomic E-state index is 11.0. The van der Waals surface area contributed by atoms with Crippen molar-refractivity contribution in [1.82, 2.24) is 4.90 Å². The third kappa shape index (κ3) is 4.07. The third-order valence-corrected chi connectivity index (χ3v) is 4.30. The molecule has 3 heteroatoms. The molecule has 0 amide bonds. The normalized spacial score (nSPS) is 20.6. The van der Waals surface area contributed by atoms with Crippen LogP contribution in [0.2, 0.25) is 0 Å². The molecule has 0 spiro atoms. The summed E-state index contributed by atoms with van der Waals surface area (Å²) in [5.74, 6) is -0.750. The largest absolute Gasteiger partial charge is 0.481 e. The summed E-state index contributed by atoms with van der Waals surface area (Å²) in [6.45, 7) is 4.29. The van der Waals surface area contributed by atoms with Crippen LogP contribution in [-0.4, -0.2) is 28.6 Å². The highest BCUT2D eigenvalue weighted by molar-refractivity contribution is 5.70. The number of aliphatic carboxylic acids is 1. The minimum Gasteiger partial charge on any atom is -0.481 e. The summed E-state index contributed by atoms with van der Waals surface area (Å²) in [7, 11) is 0. The summed E-state index contributed by atoms with van der Waals surface area (Å²) >= 11 is 0. The van der Waals surface area contributed by atoms with Gasteiger partial charge in [0.15, 0.2) is 0 Å². The lowest BCUT2D eigenvalue weighted by Gasteiger charge is -2.29. The maximum Gasteiger partial charge on any atom is 0.307 e. The lowest BCUT2D eigenvalue weighted by Crippen LogP contribution is -2.34. The van der Waals surface area contributed by atoms with Crippen molar-refractivity contribution >= 4 is 5.97 Å². The first-order valence-corrected chi connectivity index (χ1v) is 7.73. The van der Waals surface area contributed by atoms with Gasteiger partial charge in [0.05, 0.1) is 6.42 Å². The molecule has 1 fully saturated rings. The van der Waals surface area contributed by atoms with Crippen molar-refractivity contribution in [1.29, 1.82) is 0 Å². The Labute approximate surface area is 121 Å². The second-order valence-electron chi connectivity index (χ2n) is 5.72. The van der Waals surface area contributed by atoms with E-state index >= 15 is 0 Å². The lowest BCUT2D eigenvalue weighted by atomic mass is 10.0. The number of benzene rings is 1. The molecule has 0 radical (unpaired) electrons. The molecule has 110 valence electrons. The van der Waals surface area contributed by atoms with Crippen molar-refractivity contribution in [3.8, 4) is 0 Å². The van der Waals surface area contributed by atoms with Crippen LogP contribution in [0.25, 0.3) is 0 Å². The Morgan fingerprint density at radius 3 is 2.70 bits per heavy atom. The van der Waals surface area contributed by atoms with Crippen LogP contribution in [0.3, 0.4) is 0 Å². The van der Waals surface area contributed by atoms with Gasteiger partial charge in [-0.15, -0.1) is 0 Å². The molecule has 1 aromatic carbocycles. The topological polar surface area (TPSA) is 40.5 Å². The summed E-state index contributed by atoms with van der Waals surface area (Å²) in [5.41, 5.74) is 2.13. The molecule has 0 bridgehead atoms. The fourth-order valence-corrected chi connectivity index (χ4v) is 3.17. The number of likely N-dealkylation sites (tertiary alicyclic amines) is 1. The van der Waals surface area contributed by atoms with Crippen LogP contribution in [0, 0.1) is 0 Å². The van der Waals surface area contributed by atoms with Gasteiger partial charge < -0.3 is 5.11 Å². The van der Waals surface area contributed by atoms with E-state index in [1.807, 2.05) is 18.2 Å². The second-order valence-corrected chi connectivity index (χ2v) is 5.72. The van der Waals surface area contributed by atoms with Crippen molar-refractivity contribution in [2.75, 3.05) is 6.54 Å². The Kier molecular flexibility index (Phi) is 5.60. The summed E-state index contributed by atoms with van der Waals surface area (Å²) < 4.78 is 0. The Balaban J connectivity index is 2.12. The SMILES string of the molecule is CCC1CCCCCN1Cc1ccccc1CC(=O)O. The minimum absolute atomic E-state index is 0.126. The van der Waals surface area contributed by atoms with E-state index in [4.69, 9.17) is 5.11 Å². The fraction of sp³-hybridized carbons (Fsp3) is 0.588. The molecule has 1 N–H and O–H groups in total. The first-order valence-electron chi connectivity index (χ1n) is 7.73. The zero-order valence-electron chi connectivity index (χ0n) is 12.3. The van der Waals surface area contributed by atoms with Gasteiger partial charge in [-0.1, -0.05) is 44.0 Å². The standard InChI is InChI=1S/C17H25NO2/c1-2-16-10-4-3-7-11-18(16)13-15-9-6-5-8-14(15)12-17(19)20/h5-6,8-9,16H,2-4,7,10-13H2,1H3,(H,19,20). The summed E-state index contributed by atoms with van der Waals surface area (Å²) in [6, 6.07) is 8.62. The van der Waals surface area contributed by atoms with Crippen LogP contribution in [0.15, 0.2) is 24.3 Å². The predicted octanol–water partition coefficient (Wildman–Crippen LogP) is 3.47. The van der Waals surface area contributed by atoms with Gasteiger partial charge in [-0.25, -0.2) is 0 Å². The van der Waals surface area contributed by atoms with E-state index in [9.17, 15) is 4.79 Å². The van der Waals surface area contributed by atoms with Crippen molar-refractivity contribution in [3.63, 3.8) is 0 Å². The Bertz CT molecular complexity index is 444. The average Bonchev–Trinajstić information content (AvgIpc) is 2.65. The quantitative estimate of drug-likeness (QED) is 0.894. The van der Waals surface area contributed by atoms with Crippen LogP contribution in [0.1, 0.15) is 50.2 Å². The van der Waals surface area contributed by atoms with Crippen molar-refractivity contribution in [3.05, 3.63) is 35.4 Å². The van der Waals surface area contributed by atoms with E-state index in [1.54, 1.807) is 0 Å². The number of nitrogens with zero attached hydrogens (tertiary/aromatic N) is 1. The fourth-order valence-electron chi connectivity index (χ4n) is 3.17. The molecular weight excluding hydrogens is 250 g/mol. The van der Waals surface area contributed by atoms with Gasteiger partial charge in [0, 0.05) is 12.6 Å². The molecule has 1 saturated heterocycles. The first-order chi connectivity index (χ1) is 9.70. The van der Waals surface area contributed by atoms with Crippen LogP contribution in [0.5, 0.6) is 0 Å². The highest BCUT2D eigenvalue weighted by atomic mass is 16.4. The van der Waals surface area contributed by atoms with E-state index < -0.39 is 5.97 Å². The number of hydrogen-bond acceptors (Lipinski definition) is 2. The molecule has 0 aromatic heterocycles. The number of carbonyl (C=O) groups is 1. The van der Waals surface area contributed by atoms with Gasteiger partial charge >= 0.3 is 5.97 Å². The van der Waals surface area contributed by atoms with E-state index in [1.165, 1.54) is 37.7 Å². The summed E-state index contributed by atoms with van der Waals surface area (Å²) in [6.07, 6.45) is 6.49. The minimum atomic E-state index is -0.750. The highest BCUT2D eigenvalue weighted by Crippen LogP contribution is 2.22. The highest BCUT2D eigenvalue weighted by Gasteiger charge is 2.20. The number of carboxylic acids is 1. The monoisotopic (exact) mass is 275 g/mol. The number of hydrogen-bond donors (Lipinski definition) is 1. The molecule has 0 aliphatic carbocycles. The Morgan fingerprint density at radius 1 is 1.25 bits per heavy atom. The third-order valence-electron chi connectivity index (χ3n) is 4.30. The predicted molar refractivity (Wildman–Crippen MR) is 80.7 cm³/mol. The van der Waals surface area contributed by atoms with E-state index in [0.29, 0.717) is 6.04 Å². The number of rotatable bonds is 5. The van der Waals surface area contributed by atoms with Crippen molar-refractivity contribution < 1.29 is 9.90 Å². The van der Waals surface area contributed by atoms with Crippen LogP contribution >= 0.6 is 0 Å². The Morgan fingerprint density at radius 2 is 2.00 bits per heavy atom. The van der Waals surface area contributed by atoms with E-state index in [0.717, 1.165) is 18.7 Å². The van der Waals surface area contributed by atoms with Crippen molar-refractivity contribution in [2.45, 2.75) is 58.0 Å². The lowest BCUT2D eigenvalue weighted by molar-refractivity contribution is -0.136. The molecule has 1 unspecified atom stereocenters. The summed E-state index contributed by atoms with van der Waals surface area (Å²) in [4.78, 5) is 13.5. The smallest absolute Gasteiger partial charge is 0.307 e. The van der Waals surface area contributed by atoms with Gasteiger partial charge in [-0.3, -0.25) is 9.69 Å². The average molecular weight is 275 g/mol. The molecule has 1 aliphatic heterocycles. The molecule has 1 atom stereocenters. The second kappa shape index (κ2) is 7.44. The van der Waals surface area contributed by atoms with Crippen molar-refractivity contribution in [2.24, 2.45) is 0 Å².